The molecule has 0 bridgehead atoms. The highest BCUT2D eigenvalue weighted by Crippen LogP contribution is 2.24. The van der Waals surface area contributed by atoms with Gasteiger partial charge in [0.05, 0.1) is 5.92 Å². The summed E-state index contributed by atoms with van der Waals surface area (Å²) in [6.45, 7) is 1.97. The molecule has 1 aliphatic rings. The second-order valence-corrected chi connectivity index (χ2v) is 5.67. The fourth-order valence-electron chi connectivity index (χ4n) is 2.83. The van der Waals surface area contributed by atoms with Crippen molar-refractivity contribution in [3.05, 3.63) is 35.4 Å². The van der Waals surface area contributed by atoms with Crippen molar-refractivity contribution >= 4 is 11.8 Å². The van der Waals surface area contributed by atoms with E-state index >= 15 is 0 Å². The SMILES string of the molecule is Cc1ccc(C(=O)N[C@@H]2CCCCC[C@@H]2C(=O)NO)cc1. The zero-order valence-corrected chi connectivity index (χ0v) is 12.3. The van der Waals surface area contributed by atoms with Crippen molar-refractivity contribution < 1.29 is 14.8 Å². The maximum Gasteiger partial charge on any atom is 0.251 e. The van der Waals surface area contributed by atoms with Crippen LogP contribution in [0.15, 0.2) is 24.3 Å². The largest absolute Gasteiger partial charge is 0.349 e. The Morgan fingerprint density at radius 1 is 1.10 bits per heavy atom. The van der Waals surface area contributed by atoms with Crippen LogP contribution in [0.25, 0.3) is 0 Å². The number of carbonyl (C=O) groups is 2. The van der Waals surface area contributed by atoms with E-state index in [1.807, 2.05) is 19.1 Å². The lowest BCUT2D eigenvalue weighted by molar-refractivity contribution is -0.134. The van der Waals surface area contributed by atoms with E-state index in [1.165, 1.54) is 0 Å². The molecule has 2 amide bonds. The minimum Gasteiger partial charge on any atom is -0.349 e. The lowest BCUT2D eigenvalue weighted by atomic mass is 9.93. The van der Waals surface area contributed by atoms with Crippen LogP contribution in [0.4, 0.5) is 0 Å². The molecule has 1 aromatic carbocycles. The van der Waals surface area contributed by atoms with E-state index in [-0.39, 0.29) is 17.9 Å². The normalized spacial score (nSPS) is 22.2. The van der Waals surface area contributed by atoms with Gasteiger partial charge in [-0.1, -0.05) is 37.0 Å². The molecule has 0 heterocycles. The van der Waals surface area contributed by atoms with E-state index in [0.29, 0.717) is 12.0 Å². The van der Waals surface area contributed by atoms with Crippen molar-refractivity contribution in [2.24, 2.45) is 5.92 Å². The van der Waals surface area contributed by atoms with E-state index in [1.54, 1.807) is 17.6 Å². The number of nitrogens with one attached hydrogen (secondary N) is 2. The summed E-state index contributed by atoms with van der Waals surface area (Å²) < 4.78 is 0. The van der Waals surface area contributed by atoms with Gasteiger partial charge in [0.25, 0.3) is 5.91 Å². The molecule has 0 spiro atoms. The minimum atomic E-state index is -0.411. The highest BCUT2D eigenvalue weighted by Gasteiger charge is 2.30. The van der Waals surface area contributed by atoms with E-state index in [9.17, 15) is 9.59 Å². The molecule has 0 aliphatic heterocycles. The first-order valence-electron chi connectivity index (χ1n) is 7.43. The van der Waals surface area contributed by atoms with E-state index in [0.717, 1.165) is 31.2 Å². The molecule has 0 radical (unpaired) electrons. The zero-order valence-electron chi connectivity index (χ0n) is 12.3. The number of benzene rings is 1. The predicted octanol–water partition coefficient (Wildman–Crippen LogP) is 2.18. The van der Waals surface area contributed by atoms with E-state index in [4.69, 9.17) is 5.21 Å². The summed E-state index contributed by atoms with van der Waals surface area (Å²) in [6, 6.07) is 7.11. The lowest BCUT2D eigenvalue weighted by Gasteiger charge is -2.24. The molecule has 5 nitrogen and oxygen atoms in total. The van der Waals surface area contributed by atoms with Crippen LogP contribution >= 0.6 is 0 Å². The molecule has 114 valence electrons. The van der Waals surface area contributed by atoms with Gasteiger partial charge in [-0.25, -0.2) is 5.48 Å². The lowest BCUT2D eigenvalue weighted by Crippen LogP contribution is -2.45. The van der Waals surface area contributed by atoms with Gasteiger partial charge < -0.3 is 5.32 Å². The number of hydrogen-bond acceptors (Lipinski definition) is 3. The molecule has 1 aliphatic carbocycles. The first kappa shape index (κ1) is 15.5. The van der Waals surface area contributed by atoms with Gasteiger partial charge in [0.15, 0.2) is 0 Å². The van der Waals surface area contributed by atoms with Gasteiger partial charge in [0, 0.05) is 11.6 Å². The summed E-state index contributed by atoms with van der Waals surface area (Å²) in [5.41, 5.74) is 3.41. The van der Waals surface area contributed by atoms with Gasteiger partial charge in [0.1, 0.15) is 0 Å². The van der Waals surface area contributed by atoms with Crippen LogP contribution < -0.4 is 10.8 Å². The molecule has 2 atom stereocenters. The van der Waals surface area contributed by atoms with Gasteiger partial charge in [-0.3, -0.25) is 14.8 Å². The number of amides is 2. The third-order valence-corrected chi connectivity index (χ3v) is 4.09. The molecule has 0 unspecified atom stereocenters. The van der Waals surface area contributed by atoms with Crippen molar-refractivity contribution in [2.45, 2.75) is 45.1 Å². The second-order valence-electron chi connectivity index (χ2n) is 5.67. The quantitative estimate of drug-likeness (QED) is 0.453. The van der Waals surface area contributed by atoms with Crippen molar-refractivity contribution in [3.63, 3.8) is 0 Å². The third kappa shape index (κ3) is 4.04. The fourth-order valence-corrected chi connectivity index (χ4v) is 2.83. The molecule has 5 heteroatoms. The molecule has 3 N–H and O–H groups in total. The van der Waals surface area contributed by atoms with Gasteiger partial charge >= 0.3 is 0 Å². The molecular weight excluding hydrogens is 268 g/mol. The van der Waals surface area contributed by atoms with Gasteiger partial charge in [0.2, 0.25) is 5.91 Å². The summed E-state index contributed by atoms with van der Waals surface area (Å²) in [4.78, 5) is 24.1. The molecule has 1 aromatic rings. The number of hydroxylamine groups is 1. The van der Waals surface area contributed by atoms with Crippen molar-refractivity contribution in [2.75, 3.05) is 0 Å². The topological polar surface area (TPSA) is 78.4 Å². The standard InChI is InChI=1S/C16H22N2O3/c1-11-7-9-12(10-8-11)15(19)17-14-6-4-2-3-5-13(14)16(20)18-21/h7-10,13-14,21H,2-6H2,1H3,(H,17,19)(H,18,20)/t13-,14+/m0/s1. The number of rotatable bonds is 3. The van der Waals surface area contributed by atoms with Crippen LogP contribution in [0.2, 0.25) is 0 Å². The van der Waals surface area contributed by atoms with E-state index in [2.05, 4.69) is 5.32 Å². The van der Waals surface area contributed by atoms with Crippen molar-refractivity contribution in [3.8, 4) is 0 Å². The summed E-state index contributed by atoms with van der Waals surface area (Å²) in [7, 11) is 0. The Hall–Kier alpha value is -1.88. The molecule has 0 saturated heterocycles. The highest BCUT2D eigenvalue weighted by molar-refractivity contribution is 5.94. The number of aryl methyl sites for hydroxylation is 1. The molecule has 21 heavy (non-hydrogen) atoms. The van der Waals surface area contributed by atoms with Crippen LogP contribution in [-0.4, -0.2) is 23.1 Å². The Labute approximate surface area is 124 Å². The molecular formula is C16H22N2O3. The zero-order chi connectivity index (χ0) is 15.2. The first-order chi connectivity index (χ1) is 10.1. The third-order valence-electron chi connectivity index (χ3n) is 4.09. The van der Waals surface area contributed by atoms with Crippen LogP contribution in [0.5, 0.6) is 0 Å². The fraction of sp³-hybridized carbons (Fsp3) is 0.500. The average molecular weight is 290 g/mol. The van der Waals surface area contributed by atoms with Crippen LogP contribution in [0.1, 0.15) is 48.0 Å². The molecule has 2 rings (SSSR count). The Kier molecular flexibility index (Phi) is 5.33. The second kappa shape index (κ2) is 7.22. The van der Waals surface area contributed by atoms with Gasteiger partial charge in [-0.05, 0) is 31.9 Å². The van der Waals surface area contributed by atoms with Gasteiger partial charge in [-0.2, -0.15) is 0 Å². The van der Waals surface area contributed by atoms with Crippen molar-refractivity contribution in [1.82, 2.24) is 10.8 Å². The monoisotopic (exact) mass is 290 g/mol. The Bertz CT molecular complexity index is 499. The minimum absolute atomic E-state index is 0.169. The summed E-state index contributed by atoms with van der Waals surface area (Å²) in [6.07, 6.45) is 4.41. The summed E-state index contributed by atoms with van der Waals surface area (Å²) in [5, 5.41) is 11.8. The van der Waals surface area contributed by atoms with Crippen molar-refractivity contribution in [1.29, 1.82) is 0 Å². The van der Waals surface area contributed by atoms with Crippen LogP contribution in [0, 0.1) is 12.8 Å². The Morgan fingerprint density at radius 3 is 2.43 bits per heavy atom. The maximum absolute atomic E-state index is 12.3. The number of carbonyl (C=O) groups excluding carboxylic acids is 2. The molecule has 1 fully saturated rings. The van der Waals surface area contributed by atoms with Gasteiger partial charge in [-0.15, -0.1) is 0 Å². The summed E-state index contributed by atoms with van der Waals surface area (Å²) >= 11 is 0. The maximum atomic E-state index is 12.3. The summed E-state index contributed by atoms with van der Waals surface area (Å²) in [5.74, 6) is -0.948. The average Bonchev–Trinajstić information content (AvgIpc) is 2.72. The van der Waals surface area contributed by atoms with Crippen LogP contribution in [-0.2, 0) is 4.79 Å². The highest BCUT2D eigenvalue weighted by atomic mass is 16.5. The number of hydrogen-bond donors (Lipinski definition) is 3. The molecule has 0 aromatic heterocycles. The first-order valence-corrected chi connectivity index (χ1v) is 7.43. The predicted molar refractivity (Wildman–Crippen MR) is 78.9 cm³/mol. The van der Waals surface area contributed by atoms with E-state index < -0.39 is 5.91 Å². The Morgan fingerprint density at radius 2 is 1.76 bits per heavy atom. The Balaban J connectivity index is 2.08. The molecule has 1 saturated carbocycles. The smallest absolute Gasteiger partial charge is 0.251 e. The van der Waals surface area contributed by atoms with Crippen LogP contribution in [0.3, 0.4) is 0 Å².